The third-order valence-corrected chi connectivity index (χ3v) is 7.78. The third kappa shape index (κ3) is 4.32. The molecule has 2 aliphatic heterocycles. The molecule has 0 atom stereocenters. The molecule has 3 aliphatic rings. The molecule has 10 heteroatoms. The zero-order chi connectivity index (χ0) is 23.1. The van der Waals surface area contributed by atoms with E-state index in [1.807, 2.05) is 0 Å². The molecule has 2 aromatic rings. The Morgan fingerprint density at radius 3 is 2.42 bits per heavy atom. The Labute approximate surface area is 192 Å². The van der Waals surface area contributed by atoms with Crippen LogP contribution in [0, 0.1) is 0 Å². The van der Waals surface area contributed by atoms with Gasteiger partial charge in [-0.1, -0.05) is 0 Å². The van der Waals surface area contributed by atoms with Crippen LogP contribution in [-0.2, 0) is 14.8 Å². The number of rotatable bonds is 5. The minimum absolute atomic E-state index is 0.0343. The predicted molar refractivity (Wildman–Crippen MR) is 119 cm³/mol. The first-order valence-electron chi connectivity index (χ1n) is 11.0. The quantitative estimate of drug-likeness (QED) is 0.710. The van der Waals surface area contributed by atoms with Crippen LogP contribution in [0.5, 0.6) is 23.0 Å². The Morgan fingerprint density at radius 1 is 0.939 bits per heavy atom. The monoisotopic (exact) mass is 474 g/mol. The van der Waals surface area contributed by atoms with E-state index in [-0.39, 0.29) is 11.4 Å². The SMILES string of the molecule is CN(CC(=O)Nc1ccc2c(c1)OC1(CCCC1)O2)S(=O)(=O)c1ccc2c(c1)OCCCO2. The lowest BCUT2D eigenvalue weighted by atomic mass is 10.2. The molecular formula is C23H26N2O7S. The van der Waals surface area contributed by atoms with E-state index in [1.54, 1.807) is 24.3 Å². The number of fused-ring (bicyclic) bond motifs is 2. The number of nitrogens with one attached hydrogen (secondary N) is 1. The van der Waals surface area contributed by atoms with Crippen LogP contribution in [-0.4, -0.2) is 51.2 Å². The highest BCUT2D eigenvalue weighted by Crippen LogP contribution is 2.47. The first-order chi connectivity index (χ1) is 15.8. The number of amides is 1. The summed E-state index contributed by atoms with van der Waals surface area (Å²) in [5.74, 6) is 1.08. The van der Waals surface area contributed by atoms with Crippen LogP contribution in [0.15, 0.2) is 41.3 Å². The highest BCUT2D eigenvalue weighted by Gasteiger charge is 2.44. The first-order valence-corrected chi connectivity index (χ1v) is 12.5. The predicted octanol–water partition coefficient (Wildman–Crippen LogP) is 3.15. The Morgan fingerprint density at radius 2 is 1.64 bits per heavy atom. The molecule has 9 nitrogen and oxygen atoms in total. The molecule has 0 saturated heterocycles. The van der Waals surface area contributed by atoms with Crippen LogP contribution in [0.4, 0.5) is 5.69 Å². The molecule has 33 heavy (non-hydrogen) atoms. The van der Waals surface area contributed by atoms with Crippen molar-refractivity contribution in [2.75, 3.05) is 32.1 Å². The van der Waals surface area contributed by atoms with Crippen molar-refractivity contribution in [1.82, 2.24) is 4.31 Å². The minimum Gasteiger partial charge on any atom is -0.490 e. The van der Waals surface area contributed by atoms with Gasteiger partial charge in [0.15, 0.2) is 23.0 Å². The summed E-state index contributed by atoms with van der Waals surface area (Å²) in [7, 11) is -2.54. The van der Waals surface area contributed by atoms with Crippen LogP contribution in [0.1, 0.15) is 32.1 Å². The zero-order valence-corrected chi connectivity index (χ0v) is 19.2. The number of ether oxygens (including phenoxy) is 4. The van der Waals surface area contributed by atoms with Gasteiger partial charge in [0, 0.05) is 44.1 Å². The average molecular weight is 475 g/mol. The fraction of sp³-hybridized carbons (Fsp3) is 0.435. The summed E-state index contributed by atoms with van der Waals surface area (Å²) in [6.07, 6.45) is 4.51. The second-order valence-corrected chi connectivity index (χ2v) is 10.5. The highest BCUT2D eigenvalue weighted by molar-refractivity contribution is 7.89. The molecule has 1 fully saturated rings. The van der Waals surface area contributed by atoms with Crippen molar-refractivity contribution in [1.29, 1.82) is 0 Å². The molecule has 1 N–H and O–H groups in total. The minimum atomic E-state index is -3.90. The van der Waals surface area contributed by atoms with Crippen molar-refractivity contribution < 1.29 is 32.2 Å². The van der Waals surface area contributed by atoms with Crippen molar-refractivity contribution in [3.05, 3.63) is 36.4 Å². The zero-order valence-electron chi connectivity index (χ0n) is 18.3. The molecule has 1 aliphatic carbocycles. The van der Waals surface area contributed by atoms with Crippen molar-refractivity contribution >= 4 is 21.6 Å². The van der Waals surface area contributed by atoms with Crippen molar-refractivity contribution in [3.63, 3.8) is 0 Å². The van der Waals surface area contributed by atoms with Gasteiger partial charge in [-0.05, 0) is 37.1 Å². The van der Waals surface area contributed by atoms with Crippen LogP contribution < -0.4 is 24.3 Å². The molecule has 1 saturated carbocycles. The van der Waals surface area contributed by atoms with Gasteiger partial charge in [-0.3, -0.25) is 4.79 Å². The number of benzene rings is 2. The van der Waals surface area contributed by atoms with Crippen LogP contribution >= 0.6 is 0 Å². The Bertz CT molecular complexity index is 1180. The maximum atomic E-state index is 13.0. The standard InChI is InChI=1S/C23H26N2O7S/c1-25(33(27,28)17-6-8-18-20(14-17)30-12-4-11-29-18)15-22(26)24-16-5-7-19-21(13-16)32-23(31-19)9-2-3-10-23/h5-8,13-14H,2-4,9-12,15H2,1H3,(H,24,26). The molecular weight excluding hydrogens is 448 g/mol. The van der Waals surface area contributed by atoms with Gasteiger partial charge in [-0.15, -0.1) is 0 Å². The van der Waals surface area contributed by atoms with Gasteiger partial charge in [-0.25, -0.2) is 8.42 Å². The summed E-state index contributed by atoms with van der Waals surface area (Å²) >= 11 is 0. The van der Waals surface area contributed by atoms with Crippen molar-refractivity contribution in [2.45, 2.75) is 42.8 Å². The van der Waals surface area contributed by atoms with Gasteiger partial charge < -0.3 is 24.3 Å². The lowest BCUT2D eigenvalue weighted by molar-refractivity contribution is -0.116. The lowest BCUT2D eigenvalue weighted by Gasteiger charge is -2.21. The Hall–Kier alpha value is -2.98. The molecule has 2 aromatic carbocycles. The summed E-state index contributed by atoms with van der Waals surface area (Å²) in [6, 6.07) is 9.64. The number of carbonyl (C=O) groups excluding carboxylic acids is 1. The van der Waals surface area contributed by atoms with Gasteiger partial charge in [0.05, 0.1) is 24.7 Å². The fourth-order valence-corrected chi connectivity index (χ4v) is 5.40. The number of carbonyl (C=O) groups is 1. The molecule has 0 aromatic heterocycles. The second-order valence-electron chi connectivity index (χ2n) is 8.45. The number of likely N-dealkylation sites (N-methyl/N-ethyl adjacent to an activating group) is 1. The van der Waals surface area contributed by atoms with E-state index in [1.165, 1.54) is 19.2 Å². The highest BCUT2D eigenvalue weighted by atomic mass is 32.2. The summed E-state index contributed by atoms with van der Waals surface area (Å²) in [6.45, 7) is 0.612. The normalized spacial score (nSPS) is 18.4. The molecule has 0 radical (unpaired) electrons. The summed E-state index contributed by atoms with van der Waals surface area (Å²) in [5, 5.41) is 2.74. The largest absolute Gasteiger partial charge is 0.490 e. The number of sulfonamides is 1. The van der Waals surface area contributed by atoms with E-state index in [9.17, 15) is 13.2 Å². The van der Waals surface area contributed by atoms with E-state index in [4.69, 9.17) is 18.9 Å². The third-order valence-electron chi connectivity index (χ3n) is 5.98. The molecule has 1 spiro atoms. The van der Waals surface area contributed by atoms with Crippen LogP contribution in [0.25, 0.3) is 0 Å². The molecule has 0 bridgehead atoms. The lowest BCUT2D eigenvalue weighted by Crippen LogP contribution is -2.35. The van der Waals surface area contributed by atoms with Gasteiger partial charge in [0.25, 0.3) is 5.79 Å². The molecule has 5 rings (SSSR count). The van der Waals surface area contributed by atoms with E-state index >= 15 is 0 Å². The van der Waals surface area contributed by atoms with Crippen LogP contribution in [0.2, 0.25) is 0 Å². The van der Waals surface area contributed by atoms with E-state index in [0.717, 1.165) is 36.4 Å². The maximum absolute atomic E-state index is 13.0. The fourth-order valence-electron chi connectivity index (χ4n) is 4.26. The van der Waals surface area contributed by atoms with Gasteiger partial charge in [0.1, 0.15) is 0 Å². The topological polar surface area (TPSA) is 103 Å². The molecule has 176 valence electrons. The number of nitrogens with zero attached hydrogens (tertiary/aromatic N) is 1. The van der Waals surface area contributed by atoms with E-state index < -0.39 is 21.7 Å². The number of anilines is 1. The summed E-state index contributed by atoms with van der Waals surface area (Å²) in [5.41, 5.74) is 0.513. The van der Waals surface area contributed by atoms with Crippen molar-refractivity contribution in [2.24, 2.45) is 0 Å². The van der Waals surface area contributed by atoms with E-state index in [0.29, 0.717) is 41.9 Å². The van der Waals surface area contributed by atoms with E-state index in [2.05, 4.69) is 5.32 Å². The van der Waals surface area contributed by atoms with Crippen LogP contribution in [0.3, 0.4) is 0 Å². The average Bonchev–Trinajstić information content (AvgIpc) is 3.30. The van der Waals surface area contributed by atoms with Gasteiger partial charge >= 0.3 is 0 Å². The first kappa shape index (κ1) is 21.8. The summed E-state index contributed by atoms with van der Waals surface area (Å²) in [4.78, 5) is 12.6. The maximum Gasteiger partial charge on any atom is 0.251 e. The second kappa shape index (κ2) is 8.42. The molecule has 1 amide bonds. The Kier molecular flexibility index (Phi) is 5.57. The van der Waals surface area contributed by atoms with Gasteiger partial charge in [0.2, 0.25) is 15.9 Å². The molecule has 0 unspecified atom stereocenters. The van der Waals surface area contributed by atoms with Crippen molar-refractivity contribution in [3.8, 4) is 23.0 Å². The number of hydrogen-bond acceptors (Lipinski definition) is 7. The number of hydrogen-bond donors (Lipinski definition) is 1. The smallest absolute Gasteiger partial charge is 0.251 e. The Balaban J connectivity index is 1.24. The summed E-state index contributed by atoms with van der Waals surface area (Å²) < 4.78 is 50.1. The van der Waals surface area contributed by atoms with Gasteiger partial charge in [-0.2, -0.15) is 4.31 Å². The molecule has 2 heterocycles.